The zero-order chi connectivity index (χ0) is 15.2. The fraction of sp³-hybridized carbons (Fsp3) is 0.214. The van der Waals surface area contributed by atoms with E-state index in [4.69, 9.17) is 11.6 Å². The predicted molar refractivity (Wildman–Crippen MR) is 80.5 cm³/mol. The first-order chi connectivity index (χ1) is 9.40. The fourth-order valence-corrected chi connectivity index (χ4v) is 2.92. The summed E-state index contributed by atoms with van der Waals surface area (Å²) in [5.74, 6) is -1.07. The van der Waals surface area contributed by atoms with E-state index >= 15 is 0 Å². The first-order valence-electron chi connectivity index (χ1n) is 5.88. The first kappa shape index (κ1) is 16.5. The van der Waals surface area contributed by atoms with Crippen LogP contribution in [0.1, 0.15) is 0 Å². The second-order valence-electron chi connectivity index (χ2n) is 4.09. The molecule has 0 saturated carbocycles. The van der Waals surface area contributed by atoms with E-state index in [0.29, 0.717) is 5.02 Å². The number of halogens is 1. The van der Waals surface area contributed by atoms with Gasteiger partial charge in [-0.3, -0.25) is 4.79 Å². The number of benzene rings is 1. The van der Waals surface area contributed by atoms with Crippen molar-refractivity contribution in [3.63, 3.8) is 0 Å². The molecule has 0 aliphatic rings. The lowest BCUT2D eigenvalue weighted by Crippen LogP contribution is -2.36. The van der Waals surface area contributed by atoms with E-state index in [-0.39, 0.29) is 18.0 Å². The van der Waals surface area contributed by atoms with Gasteiger partial charge >= 0.3 is 0 Å². The number of hydrogen-bond donors (Lipinski definition) is 0. The van der Waals surface area contributed by atoms with E-state index < -0.39 is 21.5 Å². The highest BCUT2D eigenvalue weighted by Crippen LogP contribution is 2.15. The van der Waals surface area contributed by atoms with E-state index in [1.54, 1.807) is 0 Å². The van der Waals surface area contributed by atoms with Crippen molar-refractivity contribution in [2.24, 2.45) is 0 Å². The van der Waals surface area contributed by atoms with Crippen LogP contribution in [-0.2, 0) is 14.6 Å². The molecule has 108 valence electrons. The van der Waals surface area contributed by atoms with Crippen molar-refractivity contribution in [3.05, 3.63) is 54.6 Å². The van der Waals surface area contributed by atoms with Crippen LogP contribution in [-0.4, -0.2) is 38.1 Å². The third kappa shape index (κ3) is 4.51. The summed E-state index contributed by atoms with van der Waals surface area (Å²) in [5, 5.41) is 0.440. The van der Waals surface area contributed by atoms with E-state index in [1.807, 2.05) is 0 Å². The minimum absolute atomic E-state index is 0.0763. The minimum atomic E-state index is -3.68. The number of hydrogen-bond acceptors (Lipinski definition) is 3. The van der Waals surface area contributed by atoms with Crippen molar-refractivity contribution in [3.8, 4) is 0 Å². The molecular weight excluding hydrogens is 298 g/mol. The second kappa shape index (κ2) is 7.26. The SMILES string of the molecule is C=CCN(CC=C)C(=O)CS(=O)(=O)c1ccc(Cl)cc1. The van der Waals surface area contributed by atoms with Crippen LogP contribution in [0.4, 0.5) is 0 Å². The lowest BCUT2D eigenvalue weighted by molar-refractivity contribution is -0.127. The molecule has 1 rings (SSSR count). The molecule has 0 bridgehead atoms. The third-order valence-electron chi connectivity index (χ3n) is 2.54. The average Bonchev–Trinajstić information content (AvgIpc) is 2.38. The van der Waals surface area contributed by atoms with Crippen molar-refractivity contribution >= 4 is 27.3 Å². The maximum absolute atomic E-state index is 12.1. The summed E-state index contributed by atoms with van der Waals surface area (Å²) >= 11 is 5.71. The Hall–Kier alpha value is -1.59. The van der Waals surface area contributed by atoms with Crippen LogP contribution in [0.2, 0.25) is 5.02 Å². The van der Waals surface area contributed by atoms with E-state index in [2.05, 4.69) is 13.2 Å². The highest BCUT2D eigenvalue weighted by atomic mass is 35.5. The summed E-state index contributed by atoms with van der Waals surface area (Å²) in [7, 11) is -3.68. The van der Waals surface area contributed by atoms with Gasteiger partial charge in [0, 0.05) is 18.1 Å². The van der Waals surface area contributed by atoms with Crippen molar-refractivity contribution in [1.29, 1.82) is 0 Å². The van der Waals surface area contributed by atoms with Gasteiger partial charge in [-0.2, -0.15) is 0 Å². The number of nitrogens with zero attached hydrogens (tertiary/aromatic N) is 1. The summed E-state index contributed by atoms with van der Waals surface area (Å²) in [6.07, 6.45) is 3.08. The van der Waals surface area contributed by atoms with Crippen molar-refractivity contribution in [2.75, 3.05) is 18.8 Å². The van der Waals surface area contributed by atoms with Gasteiger partial charge in [0.25, 0.3) is 0 Å². The molecule has 1 amide bonds. The summed E-state index contributed by atoms with van der Waals surface area (Å²) in [4.78, 5) is 13.4. The smallest absolute Gasteiger partial charge is 0.238 e. The maximum atomic E-state index is 12.1. The van der Waals surface area contributed by atoms with Gasteiger partial charge < -0.3 is 4.90 Å². The highest BCUT2D eigenvalue weighted by molar-refractivity contribution is 7.92. The predicted octanol–water partition coefficient (Wildman–Crippen LogP) is 2.31. The maximum Gasteiger partial charge on any atom is 0.238 e. The zero-order valence-corrected chi connectivity index (χ0v) is 12.5. The number of sulfone groups is 1. The molecule has 0 fully saturated rings. The molecule has 6 heteroatoms. The molecule has 0 radical (unpaired) electrons. The molecule has 0 atom stereocenters. The standard InChI is InChI=1S/C14H16ClNO3S/c1-3-9-16(10-4-2)14(17)11-20(18,19)13-7-5-12(15)6-8-13/h3-8H,1-2,9-11H2. The number of carbonyl (C=O) groups is 1. The van der Waals surface area contributed by atoms with E-state index in [0.717, 1.165) is 0 Å². The monoisotopic (exact) mass is 313 g/mol. The van der Waals surface area contributed by atoms with Gasteiger partial charge in [0.1, 0.15) is 5.75 Å². The largest absolute Gasteiger partial charge is 0.334 e. The van der Waals surface area contributed by atoms with Gasteiger partial charge in [0.05, 0.1) is 4.90 Å². The zero-order valence-electron chi connectivity index (χ0n) is 11.0. The van der Waals surface area contributed by atoms with Crippen LogP contribution in [0.15, 0.2) is 54.5 Å². The Morgan fingerprint density at radius 1 is 1.15 bits per heavy atom. The lowest BCUT2D eigenvalue weighted by Gasteiger charge is -2.19. The van der Waals surface area contributed by atoms with E-state index in [9.17, 15) is 13.2 Å². The van der Waals surface area contributed by atoms with Crippen molar-refractivity contribution in [2.45, 2.75) is 4.90 Å². The van der Waals surface area contributed by atoms with Gasteiger partial charge in [-0.25, -0.2) is 8.42 Å². The molecule has 0 aromatic heterocycles. The van der Waals surface area contributed by atoms with Gasteiger partial charge in [-0.15, -0.1) is 13.2 Å². The molecule has 1 aromatic carbocycles. The normalized spacial score (nSPS) is 10.8. The molecule has 0 aliphatic heterocycles. The van der Waals surface area contributed by atoms with Crippen LogP contribution >= 0.6 is 11.6 Å². The Bertz CT molecular complexity index is 583. The van der Waals surface area contributed by atoms with Crippen LogP contribution in [0.3, 0.4) is 0 Å². The third-order valence-corrected chi connectivity index (χ3v) is 4.41. The second-order valence-corrected chi connectivity index (χ2v) is 6.52. The molecule has 0 heterocycles. The van der Waals surface area contributed by atoms with Crippen molar-refractivity contribution < 1.29 is 13.2 Å². The lowest BCUT2D eigenvalue weighted by atomic mass is 10.4. The van der Waals surface area contributed by atoms with Crippen LogP contribution in [0.5, 0.6) is 0 Å². The van der Waals surface area contributed by atoms with Gasteiger partial charge in [0.2, 0.25) is 5.91 Å². The first-order valence-corrected chi connectivity index (χ1v) is 7.91. The van der Waals surface area contributed by atoms with Gasteiger partial charge in [0.15, 0.2) is 9.84 Å². The Morgan fingerprint density at radius 2 is 1.65 bits per heavy atom. The van der Waals surface area contributed by atoms with Crippen LogP contribution in [0, 0.1) is 0 Å². The molecule has 0 unspecified atom stereocenters. The van der Waals surface area contributed by atoms with Crippen LogP contribution in [0.25, 0.3) is 0 Å². The molecule has 20 heavy (non-hydrogen) atoms. The van der Waals surface area contributed by atoms with E-state index in [1.165, 1.54) is 41.3 Å². The van der Waals surface area contributed by atoms with Crippen LogP contribution < -0.4 is 0 Å². The summed E-state index contributed by atoms with van der Waals surface area (Å²) < 4.78 is 24.2. The molecule has 4 nitrogen and oxygen atoms in total. The molecule has 1 aromatic rings. The molecular formula is C14H16ClNO3S. The number of rotatable bonds is 7. The quantitative estimate of drug-likeness (QED) is 0.726. The average molecular weight is 314 g/mol. The molecule has 0 aliphatic carbocycles. The Morgan fingerprint density at radius 3 is 2.10 bits per heavy atom. The molecule has 0 saturated heterocycles. The Kier molecular flexibility index (Phi) is 5.98. The van der Waals surface area contributed by atoms with Crippen molar-refractivity contribution in [1.82, 2.24) is 4.90 Å². The summed E-state index contributed by atoms with van der Waals surface area (Å²) in [5.41, 5.74) is 0. The highest BCUT2D eigenvalue weighted by Gasteiger charge is 2.22. The summed E-state index contributed by atoms with van der Waals surface area (Å²) in [6.45, 7) is 7.63. The topological polar surface area (TPSA) is 54.5 Å². The summed E-state index contributed by atoms with van der Waals surface area (Å²) in [6, 6.07) is 5.72. The van der Waals surface area contributed by atoms with Gasteiger partial charge in [-0.1, -0.05) is 23.8 Å². The Balaban J connectivity index is 2.89. The fourth-order valence-electron chi connectivity index (χ4n) is 1.57. The number of carbonyl (C=O) groups excluding carboxylic acids is 1. The van der Waals surface area contributed by atoms with Gasteiger partial charge in [-0.05, 0) is 24.3 Å². The number of amides is 1. The molecule has 0 N–H and O–H groups in total. The molecule has 0 spiro atoms. The Labute approximate surface area is 124 Å². The minimum Gasteiger partial charge on any atom is -0.334 e.